The first-order valence-electron chi connectivity index (χ1n) is 8.67. The van der Waals surface area contributed by atoms with Crippen LogP contribution in [0.3, 0.4) is 0 Å². The predicted octanol–water partition coefficient (Wildman–Crippen LogP) is 2.12. The van der Waals surface area contributed by atoms with Gasteiger partial charge in [-0.1, -0.05) is 20.8 Å². The minimum Gasteiger partial charge on any atom is -0.352 e. The molecule has 5 nitrogen and oxygen atoms in total. The van der Waals surface area contributed by atoms with Crippen molar-refractivity contribution in [3.05, 3.63) is 16.1 Å². The highest BCUT2D eigenvalue weighted by atomic mass is 32.1. The Morgan fingerprint density at radius 1 is 1.48 bits per heavy atom. The van der Waals surface area contributed by atoms with Crippen molar-refractivity contribution >= 4 is 17.2 Å². The Morgan fingerprint density at radius 3 is 2.78 bits per heavy atom. The van der Waals surface area contributed by atoms with Crippen molar-refractivity contribution in [2.75, 3.05) is 32.7 Å². The summed E-state index contributed by atoms with van der Waals surface area (Å²) in [6.45, 7) is 13.9. The lowest BCUT2D eigenvalue weighted by molar-refractivity contribution is -0.123. The standard InChI is InChI=1S/C17H30N4OS/c1-5-20(6-2)12-17(22)19-16-7-8-21(10-13(16)3)11-15-9-18-14(4)23-15/h9,13,16H,5-8,10-12H2,1-4H3,(H,19,22)/t13-,16-/m1/s1. The molecule has 0 radical (unpaired) electrons. The molecule has 1 aromatic heterocycles. The van der Waals surface area contributed by atoms with E-state index in [4.69, 9.17) is 0 Å². The molecule has 1 N–H and O–H groups in total. The number of likely N-dealkylation sites (tertiary alicyclic amines) is 1. The van der Waals surface area contributed by atoms with E-state index in [0.717, 1.165) is 44.2 Å². The zero-order chi connectivity index (χ0) is 16.8. The molecule has 0 saturated carbocycles. The van der Waals surface area contributed by atoms with Crippen molar-refractivity contribution in [1.82, 2.24) is 20.1 Å². The van der Waals surface area contributed by atoms with Gasteiger partial charge in [-0.15, -0.1) is 11.3 Å². The number of piperidine rings is 1. The predicted molar refractivity (Wildman–Crippen MR) is 95.6 cm³/mol. The smallest absolute Gasteiger partial charge is 0.234 e. The summed E-state index contributed by atoms with van der Waals surface area (Å²) in [4.78, 5) is 22.5. The molecular weight excluding hydrogens is 308 g/mol. The second kappa shape index (κ2) is 8.76. The largest absolute Gasteiger partial charge is 0.352 e. The van der Waals surface area contributed by atoms with Crippen LogP contribution in [0.25, 0.3) is 0 Å². The number of rotatable bonds is 7. The van der Waals surface area contributed by atoms with Crippen molar-refractivity contribution in [2.24, 2.45) is 5.92 Å². The van der Waals surface area contributed by atoms with Gasteiger partial charge in [-0.05, 0) is 32.4 Å². The first kappa shape index (κ1) is 18.4. The molecule has 6 heteroatoms. The number of likely N-dealkylation sites (N-methyl/N-ethyl adjacent to an activating group) is 1. The van der Waals surface area contributed by atoms with E-state index >= 15 is 0 Å². The van der Waals surface area contributed by atoms with Gasteiger partial charge in [0.15, 0.2) is 0 Å². The molecule has 1 aromatic rings. The monoisotopic (exact) mass is 338 g/mol. The van der Waals surface area contributed by atoms with Crippen molar-refractivity contribution in [3.63, 3.8) is 0 Å². The van der Waals surface area contributed by atoms with E-state index < -0.39 is 0 Å². The average molecular weight is 339 g/mol. The first-order valence-corrected chi connectivity index (χ1v) is 9.48. The number of carbonyl (C=O) groups excluding carboxylic acids is 1. The molecule has 1 aliphatic rings. The first-order chi connectivity index (χ1) is 11.0. The molecule has 1 amide bonds. The SMILES string of the molecule is CCN(CC)CC(=O)N[C@@H]1CCN(Cc2cnc(C)s2)C[C@H]1C. The van der Waals surface area contributed by atoms with E-state index in [1.54, 1.807) is 11.3 Å². The molecule has 2 atom stereocenters. The van der Waals surface area contributed by atoms with Gasteiger partial charge in [-0.3, -0.25) is 14.6 Å². The maximum Gasteiger partial charge on any atom is 0.234 e. The molecular formula is C17H30N4OS. The van der Waals surface area contributed by atoms with Gasteiger partial charge in [-0.25, -0.2) is 4.98 Å². The van der Waals surface area contributed by atoms with E-state index in [9.17, 15) is 4.79 Å². The molecule has 0 aliphatic carbocycles. The second-order valence-corrected chi connectivity index (χ2v) is 7.80. The third-order valence-electron chi connectivity index (χ3n) is 4.65. The summed E-state index contributed by atoms with van der Waals surface area (Å²) in [5.74, 6) is 0.649. The number of hydrogen-bond acceptors (Lipinski definition) is 5. The zero-order valence-corrected chi connectivity index (χ0v) is 15.7. The van der Waals surface area contributed by atoms with Crippen LogP contribution < -0.4 is 5.32 Å². The number of aryl methyl sites for hydroxylation is 1. The van der Waals surface area contributed by atoms with Crippen LogP contribution in [-0.2, 0) is 11.3 Å². The molecule has 1 fully saturated rings. The normalized spacial score (nSPS) is 22.5. The number of thiazole rings is 1. The molecule has 1 saturated heterocycles. The zero-order valence-electron chi connectivity index (χ0n) is 14.8. The molecule has 0 spiro atoms. The van der Waals surface area contributed by atoms with Gasteiger partial charge in [0.2, 0.25) is 5.91 Å². The topological polar surface area (TPSA) is 48.5 Å². The summed E-state index contributed by atoms with van der Waals surface area (Å²) in [6, 6.07) is 0.303. The molecule has 0 bridgehead atoms. The van der Waals surface area contributed by atoms with E-state index in [1.807, 2.05) is 6.20 Å². The third-order valence-corrected chi connectivity index (χ3v) is 5.54. The van der Waals surface area contributed by atoms with Crippen LogP contribution in [0, 0.1) is 12.8 Å². The van der Waals surface area contributed by atoms with Crippen LogP contribution in [0.2, 0.25) is 0 Å². The number of aromatic nitrogens is 1. The molecule has 23 heavy (non-hydrogen) atoms. The Kier molecular flexibility index (Phi) is 6.99. The van der Waals surface area contributed by atoms with Crippen LogP contribution in [0.15, 0.2) is 6.20 Å². The van der Waals surface area contributed by atoms with Crippen LogP contribution in [-0.4, -0.2) is 59.5 Å². The van der Waals surface area contributed by atoms with Gasteiger partial charge in [0.1, 0.15) is 0 Å². The van der Waals surface area contributed by atoms with Crippen molar-refractivity contribution in [2.45, 2.75) is 46.7 Å². The lowest BCUT2D eigenvalue weighted by Crippen LogP contribution is -2.51. The summed E-state index contributed by atoms with van der Waals surface area (Å²) in [7, 11) is 0. The number of amides is 1. The van der Waals surface area contributed by atoms with Crippen LogP contribution in [0.5, 0.6) is 0 Å². The lowest BCUT2D eigenvalue weighted by Gasteiger charge is -2.37. The Hall–Kier alpha value is -0.980. The highest BCUT2D eigenvalue weighted by molar-refractivity contribution is 7.11. The van der Waals surface area contributed by atoms with Gasteiger partial charge < -0.3 is 5.32 Å². The average Bonchev–Trinajstić information content (AvgIpc) is 2.92. The number of hydrogen-bond donors (Lipinski definition) is 1. The quantitative estimate of drug-likeness (QED) is 0.827. The minimum atomic E-state index is 0.164. The Labute approximate surface area is 144 Å². The fourth-order valence-corrected chi connectivity index (χ4v) is 4.03. The van der Waals surface area contributed by atoms with E-state index in [1.165, 1.54) is 4.88 Å². The lowest BCUT2D eigenvalue weighted by atomic mass is 9.93. The van der Waals surface area contributed by atoms with Crippen LogP contribution in [0.1, 0.15) is 37.1 Å². The van der Waals surface area contributed by atoms with Gasteiger partial charge in [-0.2, -0.15) is 0 Å². The fourth-order valence-electron chi connectivity index (χ4n) is 3.19. The molecule has 130 valence electrons. The van der Waals surface area contributed by atoms with E-state index in [-0.39, 0.29) is 5.91 Å². The van der Waals surface area contributed by atoms with Crippen molar-refractivity contribution in [1.29, 1.82) is 0 Å². The van der Waals surface area contributed by atoms with Gasteiger partial charge in [0.25, 0.3) is 0 Å². The van der Waals surface area contributed by atoms with E-state index in [0.29, 0.717) is 18.5 Å². The van der Waals surface area contributed by atoms with Gasteiger partial charge >= 0.3 is 0 Å². The maximum atomic E-state index is 12.2. The third kappa shape index (κ3) is 5.55. The Morgan fingerprint density at radius 2 is 2.22 bits per heavy atom. The van der Waals surface area contributed by atoms with Crippen molar-refractivity contribution < 1.29 is 4.79 Å². The van der Waals surface area contributed by atoms with Gasteiger partial charge in [0.05, 0.1) is 11.6 Å². The molecule has 2 heterocycles. The number of nitrogens with one attached hydrogen (secondary N) is 1. The summed E-state index contributed by atoms with van der Waals surface area (Å²) in [5, 5.41) is 4.37. The summed E-state index contributed by atoms with van der Waals surface area (Å²) in [5.41, 5.74) is 0. The van der Waals surface area contributed by atoms with Gasteiger partial charge in [0, 0.05) is 36.8 Å². The maximum absolute atomic E-state index is 12.2. The fraction of sp³-hybridized carbons (Fsp3) is 0.765. The highest BCUT2D eigenvalue weighted by Crippen LogP contribution is 2.21. The van der Waals surface area contributed by atoms with Crippen molar-refractivity contribution in [3.8, 4) is 0 Å². The summed E-state index contributed by atoms with van der Waals surface area (Å²) in [6.07, 6.45) is 3.02. The molecule has 2 rings (SSSR count). The molecule has 0 unspecified atom stereocenters. The minimum absolute atomic E-state index is 0.164. The molecule has 1 aliphatic heterocycles. The van der Waals surface area contributed by atoms with Crippen LogP contribution in [0.4, 0.5) is 0 Å². The summed E-state index contributed by atoms with van der Waals surface area (Å²) < 4.78 is 0. The second-order valence-electron chi connectivity index (χ2n) is 6.48. The van der Waals surface area contributed by atoms with Crippen LogP contribution >= 0.6 is 11.3 Å². The summed E-state index contributed by atoms with van der Waals surface area (Å²) >= 11 is 1.78. The number of carbonyl (C=O) groups is 1. The Bertz CT molecular complexity index is 501. The molecule has 0 aromatic carbocycles. The Balaban J connectivity index is 1.78. The number of nitrogens with zero attached hydrogens (tertiary/aromatic N) is 3. The highest BCUT2D eigenvalue weighted by Gasteiger charge is 2.27. The van der Waals surface area contributed by atoms with E-state index in [2.05, 4.69) is 47.8 Å².